The standard InChI is InChI=1S/C6H14N2.C2H6.H2/c7-5-3-1-2-4-6(5)8;1-2;/h5-6H,1-4,7-8H2;1-2H3;1H. The highest BCUT2D eigenvalue weighted by Crippen LogP contribution is 2.14. The fourth-order valence-electron chi connectivity index (χ4n) is 1.19. The van der Waals surface area contributed by atoms with Gasteiger partial charge < -0.3 is 11.5 Å². The Hall–Kier alpha value is -0.0800. The van der Waals surface area contributed by atoms with E-state index in [4.69, 9.17) is 11.5 Å². The fraction of sp³-hybridized carbons (Fsp3) is 1.00. The summed E-state index contributed by atoms with van der Waals surface area (Å²) < 4.78 is 0. The summed E-state index contributed by atoms with van der Waals surface area (Å²) in [6.45, 7) is 4.00. The van der Waals surface area contributed by atoms with Crippen molar-refractivity contribution in [2.75, 3.05) is 0 Å². The van der Waals surface area contributed by atoms with Crippen LogP contribution in [-0.2, 0) is 0 Å². The quantitative estimate of drug-likeness (QED) is 0.544. The monoisotopic (exact) mass is 146 g/mol. The Morgan fingerprint density at radius 1 is 1.00 bits per heavy atom. The van der Waals surface area contributed by atoms with E-state index in [1.807, 2.05) is 13.8 Å². The molecule has 2 unspecified atom stereocenters. The summed E-state index contributed by atoms with van der Waals surface area (Å²) in [7, 11) is 0. The molecule has 1 fully saturated rings. The zero-order valence-corrected chi connectivity index (χ0v) is 7.14. The Morgan fingerprint density at radius 2 is 1.30 bits per heavy atom. The molecule has 0 amide bonds. The van der Waals surface area contributed by atoms with E-state index in [2.05, 4.69) is 0 Å². The average molecular weight is 146 g/mol. The van der Waals surface area contributed by atoms with Crippen molar-refractivity contribution < 1.29 is 1.43 Å². The molecule has 0 aromatic heterocycles. The second-order valence-corrected chi connectivity index (χ2v) is 2.61. The smallest absolute Gasteiger partial charge is 0.0192 e. The first-order valence-electron chi connectivity index (χ1n) is 4.32. The average Bonchev–Trinajstić information content (AvgIpc) is 2.00. The van der Waals surface area contributed by atoms with E-state index in [0.717, 1.165) is 12.8 Å². The molecular formula is C8H22N2. The van der Waals surface area contributed by atoms with Gasteiger partial charge in [0.05, 0.1) is 0 Å². The Labute approximate surface area is 65.5 Å². The normalized spacial score (nSPS) is 32.4. The van der Waals surface area contributed by atoms with Crippen molar-refractivity contribution in [2.24, 2.45) is 11.5 Å². The van der Waals surface area contributed by atoms with Crippen LogP contribution in [0.1, 0.15) is 41.0 Å². The van der Waals surface area contributed by atoms with E-state index in [9.17, 15) is 0 Å². The third-order valence-electron chi connectivity index (χ3n) is 1.87. The number of hydrogen-bond donors (Lipinski definition) is 2. The van der Waals surface area contributed by atoms with E-state index in [1.54, 1.807) is 0 Å². The van der Waals surface area contributed by atoms with Gasteiger partial charge in [0.2, 0.25) is 0 Å². The summed E-state index contributed by atoms with van der Waals surface area (Å²) in [4.78, 5) is 0. The second kappa shape index (κ2) is 5.69. The lowest BCUT2D eigenvalue weighted by atomic mass is 9.92. The molecular weight excluding hydrogens is 124 g/mol. The van der Waals surface area contributed by atoms with Crippen molar-refractivity contribution in [2.45, 2.75) is 51.6 Å². The Morgan fingerprint density at radius 3 is 1.50 bits per heavy atom. The maximum absolute atomic E-state index is 5.65. The number of rotatable bonds is 0. The maximum Gasteiger partial charge on any atom is 0.0192 e. The van der Waals surface area contributed by atoms with Gasteiger partial charge in [-0.25, -0.2) is 0 Å². The van der Waals surface area contributed by atoms with E-state index in [0.29, 0.717) is 0 Å². The minimum atomic E-state index is 0. The van der Waals surface area contributed by atoms with Crippen LogP contribution in [0.2, 0.25) is 0 Å². The molecule has 0 saturated heterocycles. The van der Waals surface area contributed by atoms with Crippen LogP contribution < -0.4 is 11.5 Å². The summed E-state index contributed by atoms with van der Waals surface area (Å²) in [6.07, 6.45) is 4.80. The molecule has 0 aliphatic heterocycles. The largest absolute Gasteiger partial charge is 0.326 e. The van der Waals surface area contributed by atoms with Crippen LogP contribution in [0.5, 0.6) is 0 Å². The van der Waals surface area contributed by atoms with Crippen molar-refractivity contribution in [1.29, 1.82) is 0 Å². The Balaban J connectivity index is 0. The second-order valence-electron chi connectivity index (χ2n) is 2.61. The molecule has 1 aliphatic rings. The van der Waals surface area contributed by atoms with Gasteiger partial charge in [-0.1, -0.05) is 26.7 Å². The van der Waals surface area contributed by atoms with Crippen molar-refractivity contribution >= 4 is 0 Å². The van der Waals surface area contributed by atoms with E-state index >= 15 is 0 Å². The molecule has 0 aromatic rings. The molecule has 1 saturated carbocycles. The van der Waals surface area contributed by atoms with Crippen LogP contribution in [0.3, 0.4) is 0 Å². The van der Waals surface area contributed by atoms with Gasteiger partial charge in [0.15, 0.2) is 0 Å². The van der Waals surface area contributed by atoms with Gasteiger partial charge in [0.1, 0.15) is 0 Å². The van der Waals surface area contributed by atoms with Crippen LogP contribution in [0.25, 0.3) is 0 Å². The zero-order valence-electron chi connectivity index (χ0n) is 7.14. The third-order valence-corrected chi connectivity index (χ3v) is 1.87. The van der Waals surface area contributed by atoms with Gasteiger partial charge in [-0.05, 0) is 12.8 Å². The summed E-state index contributed by atoms with van der Waals surface area (Å²) in [6, 6.07) is 0.562. The highest BCUT2D eigenvalue weighted by atomic mass is 14.8. The molecule has 0 spiro atoms. The topological polar surface area (TPSA) is 52.0 Å². The first-order valence-corrected chi connectivity index (χ1v) is 4.32. The van der Waals surface area contributed by atoms with Crippen LogP contribution in [0.15, 0.2) is 0 Å². The predicted molar refractivity (Wildman–Crippen MR) is 47.9 cm³/mol. The Bertz CT molecular complexity index is 68.5. The van der Waals surface area contributed by atoms with Gasteiger partial charge in [0.25, 0.3) is 0 Å². The lowest BCUT2D eigenvalue weighted by Crippen LogP contribution is -2.43. The molecule has 1 aliphatic carbocycles. The summed E-state index contributed by atoms with van der Waals surface area (Å²) in [5.74, 6) is 0. The predicted octanol–water partition coefficient (Wildman–Crippen LogP) is 1.49. The van der Waals surface area contributed by atoms with Gasteiger partial charge in [-0.2, -0.15) is 0 Å². The maximum atomic E-state index is 5.65. The van der Waals surface area contributed by atoms with Gasteiger partial charge in [0, 0.05) is 13.5 Å². The van der Waals surface area contributed by atoms with E-state index < -0.39 is 0 Å². The van der Waals surface area contributed by atoms with Crippen molar-refractivity contribution in [1.82, 2.24) is 0 Å². The molecule has 0 aromatic carbocycles. The van der Waals surface area contributed by atoms with Crippen LogP contribution in [-0.4, -0.2) is 12.1 Å². The Kier molecular flexibility index (Phi) is 5.64. The minimum Gasteiger partial charge on any atom is -0.326 e. The molecule has 10 heavy (non-hydrogen) atoms. The zero-order chi connectivity index (χ0) is 7.98. The van der Waals surface area contributed by atoms with Gasteiger partial charge in [-0.15, -0.1) is 0 Å². The molecule has 2 heteroatoms. The fourth-order valence-corrected chi connectivity index (χ4v) is 1.19. The molecule has 0 heterocycles. The van der Waals surface area contributed by atoms with Crippen molar-refractivity contribution in [3.8, 4) is 0 Å². The molecule has 0 bridgehead atoms. The summed E-state index contributed by atoms with van der Waals surface area (Å²) in [5.41, 5.74) is 11.3. The lowest BCUT2D eigenvalue weighted by molar-refractivity contribution is 0.385. The molecule has 2 atom stereocenters. The SMILES string of the molecule is CC.NC1CCCCC1N.[HH]. The van der Waals surface area contributed by atoms with Crippen LogP contribution in [0.4, 0.5) is 0 Å². The molecule has 4 N–H and O–H groups in total. The first kappa shape index (κ1) is 9.92. The summed E-state index contributed by atoms with van der Waals surface area (Å²) in [5, 5.41) is 0. The first-order chi connectivity index (χ1) is 4.80. The highest BCUT2D eigenvalue weighted by molar-refractivity contribution is 4.79. The number of nitrogens with two attached hydrogens (primary N) is 2. The van der Waals surface area contributed by atoms with E-state index in [1.165, 1.54) is 12.8 Å². The van der Waals surface area contributed by atoms with Crippen LogP contribution in [0, 0.1) is 0 Å². The van der Waals surface area contributed by atoms with Gasteiger partial charge in [-0.3, -0.25) is 0 Å². The molecule has 64 valence electrons. The molecule has 1 rings (SSSR count). The van der Waals surface area contributed by atoms with Gasteiger partial charge >= 0.3 is 0 Å². The number of hydrogen-bond acceptors (Lipinski definition) is 2. The molecule has 2 nitrogen and oxygen atoms in total. The minimum absolute atomic E-state index is 0. The van der Waals surface area contributed by atoms with Crippen LogP contribution >= 0.6 is 0 Å². The third kappa shape index (κ3) is 3.18. The highest BCUT2D eigenvalue weighted by Gasteiger charge is 2.16. The van der Waals surface area contributed by atoms with E-state index in [-0.39, 0.29) is 13.5 Å². The van der Waals surface area contributed by atoms with Crippen molar-refractivity contribution in [3.05, 3.63) is 0 Å². The lowest BCUT2D eigenvalue weighted by Gasteiger charge is -2.24. The summed E-state index contributed by atoms with van der Waals surface area (Å²) >= 11 is 0. The van der Waals surface area contributed by atoms with Crippen molar-refractivity contribution in [3.63, 3.8) is 0 Å². The molecule has 0 radical (unpaired) electrons.